The van der Waals surface area contributed by atoms with Gasteiger partial charge in [-0.3, -0.25) is 56.6 Å². The van der Waals surface area contributed by atoms with Gasteiger partial charge in [-0.1, -0.05) is 156 Å². The zero-order valence-corrected chi connectivity index (χ0v) is 46.7. The third-order valence-electron chi connectivity index (χ3n) is 16.4. The maximum Gasteiger partial charge on any atom is 0.262 e. The number of hydrogen-bond acceptors (Lipinski definition) is 9. The van der Waals surface area contributed by atoms with E-state index in [1.54, 1.807) is 36.4 Å². The van der Waals surface area contributed by atoms with Crippen LogP contribution in [0.2, 0.25) is 0 Å². The van der Waals surface area contributed by atoms with Gasteiger partial charge in [0.1, 0.15) is 0 Å². The van der Waals surface area contributed by atoms with Crippen LogP contribution in [0.15, 0.2) is 86.9 Å². The van der Waals surface area contributed by atoms with E-state index in [1.165, 1.54) is 29.6 Å². The molecule has 0 atom stereocenters. The number of nitrogens with zero attached hydrogens (tertiary/aromatic N) is 4. The molecule has 77 heavy (non-hydrogen) atoms. The largest absolute Gasteiger partial charge is 0.274 e. The maximum absolute atomic E-state index is 14.9. The van der Waals surface area contributed by atoms with Crippen molar-refractivity contribution in [3.63, 3.8) is 0 Å². The first-order chi connectivity index (χ1) is 37.4. The van der Waals surface area contributed by atoms with E-state index in [-0.39, 0.29) is 67.3 Å². The molecule has 0 aliphatic heterocycles. The molecule has 0 unspecified atom stereocenters. The third-order valence-corrected chi connectivity index (χ3v) is 17.5. The molecule has 5 aromatic heterocycles. The molecule has 0 amide bonds. The number of aromatic nitrogens is 4. The van der Waals surface area contributed by atoms with Crippen molar-refractivity contribution >= 4 is 76.0 Å². The normalized spacial score (nSPS) is 12.2. The minimum Gasteiger partial charge on any atom is -0.274 e. The first-order valence-corrected chi connectivity index (χ1v) is 30.1. The van der Waals surface area contributed by atoms with E-state index in [0.717, 1.165) is 128 Å². The predicted molar refractivity (Wildman–Crippen MR) is 321 cm³/mol. The van der Waals surface area contributed by atoms with Crippen molar-refractivity contribution in [2.45, 2.75) is 208 Å². The Kier molecular flexibility index (Phi) is 18.0. The molecule has 9 aromatic rings. The quantitative estimate of drug-likeness (QED) is 0.0403. The average Bonchev–Trinajstić information content (AvgIpc) is 4.36. The van der Waals surface area contributed by atoms with Gasteiger partial charge in [-0.15, -0.1) is 11.3 Å². The van der Waals surface area contributed by atoms with E-state index in [1.807, 2.05) is 12.1 Å². The summed E-state index contributed by atoms with van der Waals surface area (Å²) in [6, 6.07) is 13.9. The molecule has 0 radical (unpaired) electrons. The lowest BCUT2D eigenvalue weighted by atomic mass is 9.95. The summed E-state index contributed by atoms with van der Waals surface area (Å²) < 4.78 is 5.28. The Labute approximate surface area is 452 Å². The summed E-state index contributed by atoms with van der Waals surface area (Å²) in [7, 11) is 0. The molecule has 4 aromatic carbocycles. The summed E-state index contributed by atoms with van der Waals surface area (Å²) in [6.45, 7) is 9.73. The highest BCUT2D eigenvalue weighted by molar-refractivity contribution is 7.19. The van der Waals surface area contributed by atoms with Crippen LogP contribution in [0.3, 0.4) is 0 Å². The molecule has 0 saturated carbocycles. The van der Waals surface area contributed by atoms with E-state index in [2.05, 4.69) is 27.7 Å². The molecule has 5 heterocycles. The Hall–Kier alpha value is -6.34. The smallest absolute Gasteiger partial charge is 0.262 e. The number of thiophene rings is 1. The van der Waals surface area contributed by atoms with Gasteiger partial charge in [-0.25, -0.2) is 0 Å². The fraction of sp³-hybridized carbons (Fsp3) is 0.500. The van der Waals surface area contributed by atoms with Crippen molar-refractivity contribution in [2.75, 3.05) is 0 Å². The molecule has 0 saturated heterocycles. The van der Waals surface area contributed by atoms with E-state index in [0.29, 0.717) is 81.2 Å². The van der Waals surface area contributed by atoms with Crippen molar-refractivity contribution in [1.82, 2.24) is 18.3 Å². The number of hydrogen-bond donors (Lipinski definition) is 0. The molecule has 0 spiro atoms. The SMILES string of the molecule is CCCCCCCCn1c(=O)c2cc3cc4c(=O)n(CCCCCCCC)c(=O)c4c(-c4ccc(-c5c6cc7c(=O)n(CCCCCCCC)c(=O)c7cc6cc6c(=O)n(CCCCCCCC)c(=O)c56)s4)c3cc2c1=O. The molecule has 406 valence electrons. The fourth-order valence-corrected chi connectivity index (χ4v) is 13.2. The summed E-state index contributed by atoms with van der Waals surface area (Å²) in [5, 5.41) is 4.04. The van der Waals surface area contributed by atoms with E-state index in [4.69, 9.17) is 0 Å². The van der Waals surface area contributed by atoms with Crippen LogP contribution >= 0.6 is 11.3 Å². The third kappa shape index (κ3) is 10.9. The molecule has 12 nitrogen and oxygen atoms in total. The van der Waals surface area contributed by atoms with Crippen molar-refractivity contribution in [3.8, 4) is 20.9 Å². The van der Waals surface area contributed by atoms with Crippen molar-refractivity contribution in [1.29, 1.82) is 0 Å². The maximum atomic E-state index is 14.9. The zero-order valence-electron chi connectivity index (χ0n) is 45.9. The Balaban J connectivity index is 1.23. The van der Waals surface area contributed by atoms with Gasteiger partial charge in [-0.05, 0) is 95.8 Å². The van der Waals surface area contributed by atoms with Crippen molar-refractivity contribution in [3.05, 3.63) is 131 Å². The van der Waals surface area contributed by atoms with Crippen LogP contribution in [0, 0.1) is 0 Å². The lowest BCUT2D eigenvalue weighted by Crippen LogP contribution is -2.25. The van der Waals surface area contributed by atoms with Gasteiger partial charge in [0.25, 0.3) is 44.5 Å². The molecule has 0 aliphatic rings. The highest BCUT2D eigenvalue weighted by atomic mass is 32.1. The summed E-state index contributed by atoms with van der Waals surface area (Å²) in [5.41, 5.74) is -2.32. The average molecular weight is 1060 g/mol. The highest BCUT2D eigenvalue weighted by Gasteiger charge is 2.27. The highest BCUT2D eigenvalue weighted by Crippen LogP contribution is 2.45. The molecular formula is C64H76N4O8S. The number of benzene rings is 4. The monoisotopic (exact) mass is 1060 g/mol. The number of unbranched alkanes of at least 4 members (excludes halogenated alkanes) is 20. The summed E-state index contributed by atoms with van der Waals surface area (Å²) in [4.78, 5) is 116. The van der Waals surface area contributed by atoms with Gasteiger partial charge in [0.15, 0.2) is 0 Å². The summed E-state index contributed by atoms with van der Waals surface area (Å²) >= 11 is 1.29. The molecular weight excluding hydrogens is 985 g/mol. The van der Waals surface area contributed by atoms with Crippen LogP contribution in [0.4, 0.5) is 0 Å². The van der Waals surface area contributed by atoms with Crippen molar-refractivity contribution in [2.24, 2.45) is 0 Å². The van der Waals surface area contributed by atoms with Gasteiger partial charge < -0.3 is 0 Å². The second kappa shape index (κ2) is 25.0. The standard InChI is InChI=1S/C64H76N4O8S/c1-5-9-13-17-21-25-31-65-57(69)45-35-41-37-49-55(63(75)67(61(49)73)33-27-23-19-15-11-7-3)53(43(41)39-47(45)59(65)71)51-29-30-52(77-51)54-44-40-48-46(58(70)66(60(48)72)32-26-22-18-14-10-6-2)36-42(44)38-50-56(54)64(76)68(62(50)74)34-28-24-20-16-12-8-4/h29-30,35-40H,5-28,31-34H2,1-4H3. The molecule has 0 bridgehead atoms. The predicted octanol–water partition coefficient (Wildman–Crippen LogP) is 13.3. The first kappa shape index (κ1) is 55.4. The van der Waals surface area contributed by atoms with Crippen LogP contribution in [0.25, 0.3) is 85.5 Å². The molecule has 0 aliphatic carbocycles. The fourth-order valence-electron chi connectivity index (χ4n) is 12.0. The molecule has 13 heteroatoms. The minimum atomic E-state index is -0.431. The van der Waals surface area contributed by atoms with Gasteiger partial charge in [0, 0.05) is 47.1 Å². The summed E-state index contributed by atoms with van der Waals surface area (Å²) in [6.07, 6.45) is 23.6. The minimum absolute atomic E-state index is 0.217. The van der Waals surface area contributed by atoms with Gasteiger partial charge in [0.05, 0.1) is 43.1 Å². The first-order valence-electron chi connectivity index (χ1n) is 29.3. The second-order valence-corrected chi connectivity index (χ2v) is 23.0. The summed E-state index contributed by atoms with van der Waals surface area (Å²) in [5.74, 6) is 0. The Morgan fingerprint density at radius 3 is 0.844 bits per heavy atom. The van der Waals surface area contributed by atoms with Gasteiger partial charge in [0.2, 0.25) is 0 Å². The van der Waals surface area contributed by atoms with Gasteiger partial charge >= 0.3 is 0 Å². The zero-order chi connectivity index (χ0) is 54.3. The van der Waals surface area contributed by atoms with Crippen LogP contribution in [0.1, 0.15) is 182 Å². The van der Waals surface area contributed by atoms with Crippen molar-refractivity contribution < 1.29 is 0 Å². The van der Waals surface area contributed by atoms with E-state index < -0.39 is 33.4 Å². The second-order valence-electron chi connectivity index (χ2n) is 21.9. The van der Waals surface area contributed by atoms with E-state index >= 15 is 0 Å². The van der Waals surface area contributed by atoms with Crippen LogP contribution < -0.4 is 44.5 Å². The van der Waals surface area contributed by atoms with Crippen LogP contribution in [-0.2, 0) is 26.2 Å². The lowest BCUT2D eigenvalue weighted by Gasteiger charge is -2.09. The Morgan fingerprint density at radius 1 is 0.286 bits per heavy atom. The molecule has 0 fully saturated rings. The molecule has 0 N–H and O–H groups in total. The van der Waals surface area contributed by atoms with Crippen LogP contribution in [-0.4, -0.2) is 18.3 Å². The number of fused-ring (bicyclic) bond motifs is 6. The topological polar surface area (TPSA) is 156 Å². The van der Waals surface area contributed by atoms with Crippen LogP contribution in [0.5, 0.6) is 0 Å². The number of rotatable bonds is 30. The molecule has 9 rings (SSSR count). The van der Waals surface area contributed by atoms with E-state index in [9.17, 15) is 38.4 Å². The Bertz CT molecular complexity index is 3770. The van der Waals surface area contributed by atoms with Gasteiger partial charge in [-0.2, -0.15) is 0 Å². The Morgan fingerprint density at radius 2 is 0.532 bits per heavy atom. The lowest BCUT2D eigenvalue weighted by molar-refractivity contribution is 0.547.